The third-order valence-electron chi connectivity index (χ3n) is 4.53. The zero-order valence-electron chi connectivity index (χ0n) is 12.6. The summed E-state index contributed by atoms with van der Waals surface area (Å²) in [7, 11) is 0. The first-order valence-electron chi connectivity index (χ1n) is 8.09. The Kier molecular flexibility index (Phi) is 4.88. The Hall–Kier alpha value is -1.39. The van der Waals surface area contributed by atoms with Crippen LogP contribution < -0.4 is 5.32 Å². The summed E-state index contributed by atoms with van der Waals surface area (Å²) in [6.07, 6.45) is 2.18. The molecule has 1 N–H and O–H groups in total. The Labute approximate surface area is 127 Å². The number of benzene rings is 1. The molecular formula is C17H25N3O. The molecule has 0 spiro atoms. The van der Waals surface area contributed by atoms with Gasteiger partial charge in [-0.15, -0.1) is 0 Å². The number of piperidine rings is 1. The number of amides is 1. The second-order valence-electron chi connectivity index (χ2n) is 6.14. The lowest BCUT2D eigenvalue weighted by Crippen LogP contribution is -2.51. The Morgan fingerprint density at radius 3 is 2.67 bits per heavy atom. The molecule has 0 radical (unpaired) electrons. The van der Waals surface area contributed by atoms with E-state index in [0.717, 1.165) is 58.7 Å². The predicted molar refractivity (Wildman–Crippen MR) is 83.9 cm³/mol. The van der Waals surface area contributed by atoms with Gasteiger partial charge < -0.3 is 10.2 Å². The van der Waals surface area contributed by atoms with E-state index >= 15 is 0 Å². The highest BCUT2D eigenvalue weighted by atomic mass is 16.2. The predicted octanol–water partition coefficient (Wildman–Crippen LogP) is 1.33. The molecule has 1 aromatic carbocycles. The van der Waals surface area contributed by atoms with Crippen LogP contribution in [-0.4, -0.2) is 55.0 Å². The maximum absolute atomic E-state index is 12.6. The lowest BCUT2D eigenvalue weighted by molar-refractivity contribution is -0.138. The van der Waals surface area contributed by atoms with Crippen LogP contribution in [0.2, 0.25) is 0 Å². The molecule has 3 rings (SSSR count). The highest BCUT2D eigenvalue weighted by molar-refractivity contribution is 5.79. The summed E-state index contributed by atoms with van der Waals surface area (Å²) in [5.41, 5.74) is 1.34. The van der Waals surface area contributed by atoms with Crippen LogP contribution in [0, 0.1) is 5.92 Å². The van der Waals surface area contributed by atoms with E-state index in [-0.39, 0.29) is 5.92 Å². The molecule has 4 heteroatoms. The Bertz CT molecular complexity index is 456. The van der Waals surface area contributed by atoms with E-state index in [1.807, 2.05) is 4.90 Å². The summed E-state index contributed by atoms with van der Waals surface area (Å²) in [6, 6.07) is 10.6. The lowest BCUT2D eigenvalue weighted by atomic mass is 9.95. The van der Waals surface area contributed by atoms with Gasteiger partial charge in [-0.05, 0) is 24.9 Å². The molecule has 2 heterocycles. The third kappa shape index (κ3) is 3.83. The third-order valence-corrected chi connectivity index (χ3v) is 4.53. The first-order chi connectivity index (χ1) is 10.3. The van der Waals surface area contributed by atoms with Gasteiger partial charge in [0.1, 0.15) is 0 Å². The molecule has 1 amide bonds. The van der Waals surface area contributed by atoms with Crippen molar-refractivity contribution < 1.29 is 4.79 Å². The quantitative estimate of drug-likeness (QED) is 0.911. The molecule has 114 valence electrons. The summed E-state index contributed by atoms with van der Waals surface area (Å²) < 4.78 is 0. The molecule has 2 saturated heterocycles. The van der Waals surface area contributed by atoms with Crippen LogP contribution in [0.5, 0.6) is 0 Å². The van der Waals surface area contributed by atoms with Gasteiger partial charge in [0.05, 0.1) is 5.92 Å². The van der Waals surface area contributed by atoms with Crippen molar-refractivity contribution in [2.75, 3.05) is 39.3 Å². The van der Waals surface area contributed by atoms with Gasteiger partial charge in [-0.3, -0.25) is 9.69 Å². The molecule has 0 saturated carbocycles. The van der Waals surface area contributed by atoms with Gasteiger partial charge in [-0.1, -0.05) is 30.3 Å². The van der Waals surface area contributed by atoms with Crippen molar-refractivity contribution in [1.82, 2.24) is 15.1 Å². The zero-order chi connectivity index (χ0) is 14.5. The molecule has 4 nitrogen and oxygen atoms in total. The molecule has 0 bridgehead atoms. The van der Waals surface area contributed by atoms with E-state index in [0.29, 0.717) is 5.91 Å². The highest BCUT2D eigenvalue weighted by Crippen LogP contribution is 2.20. The van der Waals surface area contributed by atoms with Crippen LogP contribution in [0.1, 0.15) is 18.4 Å². The molecule has 2 fully saturated rings. The number of carbonyl (C=O) groups is 1. The van der Waals surface area contributed by atoms with Crippen LogP contribution in [-0.2, 0) is 11.3 Å². The largest absolute Gasteiger partial charge is 0.340 e. The van der Waals surface area contributed by atoms with E-state index in [1.165, 1.54) is 5.56 Å². The number of nitrogens with zero attached hydrogens (tertiary/aromatic N) is 2. The van der Waals surface area contributed by atoms with Crippen molar-refractivity contribution in [3.05, 3.63) is 35.9 Å². The van der Waals surface area contributed by atoms with Crippen LogP contribution in [0.3, 0.4) is 0 Å². The number of rotatable bonds is 3. The van der Waals surface area contributed by atoms with Crippen LogP contribution in [0.4, 0.5) is 0 Å². The molecule has 0 aromatic heterocycles. The number of likely N-dealkylation sites (tertiary alicyclic amines) is 1. The van der Waals surface area contributed by atoms with Crippen molar-refractivity contribution >= 4 is 5.91 Å². The minimum atomic E-state index is 0.195. The van der Waals surface area contributed by atoms with Crippen LogP contribution in [0.15, 0.2) is 30.3 Å². The van der Waals surface area contributed by atoms with Crippen molar-refractivity contribution in [3.63, 3.8) is 0 Å². The van der Waals surface area contributed by atoms with Crippen molar-refractivity contribution in [3.8, 4) is 0 Å². The summed E-state index contributed by atoms with van der Waals surface area (Å²) in [4.78, 5) is 17.1. The fourth-order valence-corrected chi connectivity index (χ4v) is 3.39. The molecule has 0 aliphatic carbocycles. The average molecular weight is 287 g/mol. The second-order valence-corrected chi connectivity index (χ2v) is 6.14. The first kappa shape index (κ1) is 14.5. The summed E-state index contributed by atoms with van der Waals surface area (Å²) in [5.74, 6) is 0.565. The van der Waals surface area contributed by atoms with Gasteiger partial charge in [-0.2, -0.15) is 0 Å². The van der Waals surface area contributed by atoms with E-state index < -0.39 is 0 Å². The number of carbonyl (C=O) groups excluding carboxylic acids is 1. The molecule has 1 unspecified atom stereocenters. The Balaban J connectivity index is 1.56. The lowest BCUT2D eigenvalue weighted by Gasteiger charge is -2.36. The van der Waals surface area contributed by atoms with Gasteiger partial charge in [0, 0.05) is 39.3 Å². The normalized spacial score (nSPS) is 24.0. The van der Waals surface area contributed by atoms with Gasteiger partial charge in [0.15, 0.2) is 0 Å². The SMILES string of the molecule is O=C(C1CCCN(Cc2ccccc2)C1)N1CCNCC1. The standard InChI is InChI=1S/C17H25N3O/c21-17(20-11-8-18-9-12-20)16-7-4-10-19(14-16)13-15-5-2-1-3-6-15/h1-3,5-6,16,18H,4,7-14H2. The Morgan fingerprint density at radius 2 is 1.90 bits per heavy atom. The first-order valence-corrected chi connectivity index (χ1v) is 8.09. The fourth-order valence-electron chi connectivity index (χ4n) is 3.39. The van der Waals surface area contributed by atoms with Crippen molar-refractivity contribution in [1.29, 1.82) is 0 Å². The summed E-state index contributed by atoms with van der Waals surface area (Å²) in [6.45, 7) is 6.60. The molecule has 21 heavy (non-hydrogen) atoms. The van der Waals surface area contributed by atoms with Crippen molar-refractivity contribution in [2.45, 2.75) is 19.4 Å². The number of hydrogen-bond donors (Lipinski definition) is 1. The minimum absolute atomic E-state index is 0.195. The second kappa shape index (κ2) is 7.05. The van der Waals surface area contributed by atoms with Gasteiger partial charge in [0.25, 0.3) is 0 Å². The average Bonchev–Trinajstić information content (AvgIpc) is 2.56. The monoisotopic (exact) mass is 287 g/mol. The van der Waals surface area contributed by atoms with Gasteiger partial charge in [0.2, 0.25) is 5.91 Å². The van der Waals surface area contributed by atoms with E-state index in [1.54, 1.807) is 0 Å². The number of piperazine rings is 1. The van der Waals surface area contributed by atoms with E-state index in [2.05, 4.69) is 40.5 Å². The smallest absolute Gasteiger partial charge is 0.227 e. The molecule has 1 atom stereocenters. The summed E-state index contributed by atoms with van der Waals surface area (Å²) >= 11 is 0. The van der Waals surface area contributed by atoms with Gasteiger partial charge >= 0.3 is 0 Å². The van der Waals surface area contributed by atoms with Crippen molar-refractivity contribution in [2.24, 2.45) is 5.92 Å². The molecule has 2 aliphatic rings. The summed E-state index contributed by atoms with van der Waals surface area (Å²) in [5, 5.41) is 3.31. The minimum Gasteiger partial charge on any atom is -0.340 e. The van der Waals surface area contributed by atoms with Crippen LogP contribution >= 0.6 is 0 Å². The topological polar surface area (TPSA) is 35.6 Å². The maximum atomic E-state index is 12.6. The Morgan fingerprint density at radius 1 is 1.14 bits per heavy atom. The maximum Gasteiger partial charge on any atom is 0.227 e. The van der Waals surface area contributed by atoms with E-state index in [9.17, 15) is 4.79 Å². The fraction of sp³-hybridized carbons (Fsp3) is 0.588. The highest BCUT2D eigenvalue weighted by Gasteiger charge is 2.29. The number of hydrogen-bond acceptors (Lipinski definition) is 3. The molecule has 1 aromatic rings. The molecule has 2 aliphatic heterocycles. The number of nitrogens with one attached hydrogen (secondary N) is 1. The molecular weight excluding hydrogens is 262 g/mol. The van der Waals surface area contributed by atoms with Crippen LogP contribution in [0.25, 0.3) is 0 Å². The zero-order valence-corrected chi connectivity index (χ0v) is 12.6. The van der Waals surface area contributed by atoms with Gasteiger partial charge in [-0.25, -0.2) is 0 Å². The van der Waals surface area contributed by atoms with E-state index in [4.69, 9.17) is 0 Å².